The number of nitrogens with one attached hydrogen (secondary N) is 1. The number of benzene rings is 2. The number of hydrogen-bond acceptors (Lipinski definition) is 4. The molecule has 0 amide bonds. The minimum absolute atomic E-state index is 0.119. The molecule has 2 aromatic rings. The van der Waals surface area contributed by atoms with Crippen LogP contribution in [0.5, 0.6) is 11.5 Å². The van der Waals surface area contributed by atoms with Gasteiger partial charge in [-0.3, -0.25) is 0 Å². The molecule has 0 radical (unpaired) electrons. The molecule has 130 valence electrons. The van der Waals surface area contributed by atoms with E-state index in [0.717, 1.165) is 29.0 Å². The Morgan fingerprint density at radius 1 is 1.04 bits per heavy atom. The number of hydrogen-bond donors (Lipinski definition) is 2. The second-order valence-corrected chi connectivity index (χ2v) is 5.93. The zero-order valence-electron chi connectivity index (χ0n) is 14.7. The van der Waals surface area contributed by atoms with Crippen LogP contribution in [0.2, 0.25) is 0 Å². The number of methoxy groups -OCH3 is 1. The topological polar surface area (TPSA) is 50.7 Å². The van der Waals surface area contributed by atoms with Crippen molar-refractivity contribution in [2.24, 2.45) is 0 Å². The predicted octanol–water partition coefficient (Wildman–Crippen LogP) is 3.44. The first-order valence-corrected chi connectivity index (χ1v) is 8.35. The summed E-state index contributed by atoms with van der Waals surface area (Å²) in [6.45, 7) is 5.46. The summed E-state index contributed by atoms with van der Waals surface area (Å²) in [5.74, 6) is 1.45. The third kappa shape index (κ3) is 5.25. The number of aliphatic hydroxyl groups excluding tert-OH is 1. The molecule has 0 saturated carbocycles. The van der Waals surface area contributed by atoms with Crippen LogP contribution in [0.25, 0.3) is 0 Å². The fourth-order valence-corrected chi connectivity index (χ4v) is 2.39. The normalized spacial score (nSPS) is 12.0. The van der Waals surface area contributed by atoms with Gasteiger partial charge in [0, 0.05) is 12.6 Å². The van der Waals surface area contributed by atoms with Crippen molar-refractivity contribution >= 4 is 0 Å². The van der Waals surface area contributed by atoms with Crippen molar-refractivity contribution in [3.05, 3.63) is 59.2 Å². The first-order valence-electron chi connectivity index (χ1n) is 8.35. The third-order valence-corrected chi connectivity index (χ3v) is 4.05. The van der Waals surface area contributed by atoms with Crippen LogP contribution in [-0.4, -0.2) is 24.9 Å². The molecule has 0 aliphatic rings. The van der Waals surface area contributed by atoms with E-state index in [2.05, 4.69) is 43.4 Å². The van der Waals surface area contributed by atoms with Crippen molar-refractivity contribution < 1.29 is 14.6 Å². The summed E-state index contributed by atoms with van der Waals surface area (Å²) in [6, 6.07) is 14.3. The van der Waals surface area contributed by atoms with Gasteiger partial charge in [0.1, 0.15) is 6.61 Å². The standard InChI is InChI=1S/C20H27NO3/c1-4-18(13-22)21-12-17-9-10-19(20(11-17)23-3)24-14-16-7-5-15(2)6-8-16/h5-11,18,21-22H,4,12-14H2,1-3H3/t18-/m1/s1. The van der Waals surface area contributed by atoms with Crippen LogP contribution in [0.4, 0.5) is 0 Å². The van der Waals surface area contributed by atoms with Crippen molar-refractivity contribution in [3.63, 3.8) is 0 Å². The summed E-state index contributed by atoms with van der Waals surface area (Å²) in [5, 5.41) is 12.6. The van der Waals surface area contributed by atoms with E-state index in [1.54, 1.807) is 7.11 Å². The van der Waals surface area contributed by atoms with Gasteiger partial charge >= 0.3 is 0 Å². The Morgan fingerprint density at radius 3 is 2.38 bits per heavy atom. The van der Waals surface area contributed by atoms with Gasteiger partial charge < -0.3 is 19.9 Å². The molecule has 0 aliphatic heterocycles. The molecule has 1 atom stereocenters. The monoisotopic (exact) mass is 329 g/mol. The quantitative estimate of drug-likeness (QED) is 0.740. The molecule has 0 aromatic heterocycles. The molecule has 0 spiro atoms. The summed E-state index contributed by atoms with van der Waals surface area (Å²) < 4.78 is 11.3. The second-order valence-electron chi connectivity index (χ2n) is 5.93. The summed E-state index contributed by atoms with van der Waals surface area (Å²) in [6.07, 6.45) is 0.894. The molecular weight excluding hydrogens is 302 g/mol. The second kappa shape index (κ2) is 9.30. The molecule has 2 rings (SSSR count). The molecule has 24 heavy (non-hydrogen) atoms. The first-order chi connectivity index (χ1) is 11.7. The van der Waals surface area contributed by atoms with Crippen LogP contribution in [0.3, 0.4) is 0 Å². The molecule has 2 N–H and O–H groups in total. The highest BCUT2D eigenvalue weighted by molar-refractivity contribution is 5.43. The van der Waals surface area contributed by atoms with E-state index in [1.807, 2.05) is 18.2 Å². The molecule has 2 aromatic carbocycles. The van der Waals surface area contributed by atoms with Gasteiger partial charge in [-0.1, -0.05) is 42.8 Å². The Hall–Kier alpha value is -2.04. The van der Waals surface area contributed by atoms with Gasteiger partial charge in [0.2, 0.25) is 0 Å². The smallest absolute Gasteiger partial charge is 0.161 e. The van der Waals surface area contributed by atoms with E-state index in [4.69, 9.17) is 9.47 Å². The van der Waals surface area contributed by atoms with Gasteiger partial charge in [-0.15, -0.1) is 0 Å². The van der Waals surface area contributed by atoms with Crippen molar-refractivity contribution in [1.29, 1.82) is 0 Å². The zero-order chi connectivity index (χ0) is 17.4. The van der Waals surface area contributed by atoms with Crippen molar-refractivity contribution in [2.75, 3.05) is 13.7 Å². The van der Waals surface area contributed by atoms with E-state index in [1.165, 1.54) is 5.56 Å². The zero-order valence-corrected chi connectivity index (χ0v) is 14.7. The van der Waals surface area contributed by atoms with Gasteiger partial charge in [-0.25, -0.2) is 0 Å². The highest BCUT2D eigenvalue weighted by atomic mass is 16.5. The highest BCUT2D eigenvalue weighted by Crippen LogP contribution is 2.29. The van der Waals surface area contributed by atoms with Gasteiger partial charge in [0.05, 0.1) is 13.7 Å². The average molecular weight is 329 g/mol. The summed E-state index contributed by atoms with van der Waals surface area (Å²) in [4.78, 5) is 0. The van der Waals surface area contributed by atoms with E-state index < -0.39 is 0 Å². The van der Waals surface area contributed by atoms with Crippen molar-refractivity contribution in [3.8, 4) is 11.5 Å². The fraction of sp³-hybridized carbons (Fsp3) is 0.400. The number of aliphatic hydroxyl groups is 1. The number of aryl methyl sites for hydroxylation is 1. The van der Waals surface area contributed by atoms with E-state index in [0.29, 0.717) is 13.2 Å². The summed E-state index contributed by atoms with van der Waals surface area (Å²) in [7, 11) is 1.65. The first kappa shape index (κ1) is 18.3. The summed E-state index contributed by atoms with van der Waals surface area (Å²) >= 11 is 0. The maximum Gasteiger partial charge on any atom is 0.161 e. The van der Waals surface area contributed by atoms with E-state index in [9.17, 15) is 5.11 Å². The summed E-state index contributed by atoms with van der Waals surface area (Å²) in [5.41, 5.74) is 3.46. The minimum Gasteiger partial charge on any atom is -0.493 e. The molecule has 0 aliphatic carbocycles. The van der Waals surface area contributed by atoms with Crippen LogP contribution >= 0.6 is 0 Å². The SMILES string of the molecule is CC[C@H](CO)NCc1ccc(OCc2ccc(C)cc2)c(OC)c1. The Morgan fingerprint density at radius 2 is 1.75 bits per heavy atom. The fourth-order valence-electron chi connectivity index (χ4n) is 2.39. The Labute approximate surface area is 144 Å². The van der Waals surface area contributed by atoms with Gasteiger partial charge in [-0.2, -0.15) is 0 Å². The van der Waals surface area contributed by atoms with E-state index >= 15 is 0 Å². The number of ether oxygens (including phenoxy) is 2. The lowest BCUT2D eigenvalue weighted by Gasteiger charge is -2.16. The van der Waals surface area contributed by atoms with Crippen LogP contribution in [0.15, 0.2) is 42.5 Å². The lowest BCUT2D eigenvalue weighted by atomic mass is 10.1. The molecule has 0 saturated heterocycles. The predicted molar refractivity (Wildman–Crippen MR) is 96.5 cm³/mol. The highest BCUT2D eigenvalue weighted by Gasteiger charge is 2.08. The average Bonchev–Trinajstić information content (AvgIpc) is 2.62. The maximum atomic E-state index is 9.24. The molecule has 0 heterocycles. The van der Waals surface area contributed by atoms with Crippen LogP contribution in [0.1, 0.15) is 30.0 Å². The molecule has 0 bridgehead atoms. The van der Waals surface area contributed by atoms with Gasteiger partial charge in [-0.05, 0) is 36.6 Å². The third-order valence-electron chi connectivity index (χ3n) is 4.05. The number of rotatable bonds is 9. The van der Waals surface area contributed by atoms with Crippen molar-refractivity contribution in [1.82, 2.24) is 5.32 Å². The lowest BCUT2D eigenvalue weighted by Crippen LogP contribution is -2.31. The Bertz CT molecular complexity index is 621. The maximum absolute atomic E-state index is 9.24. The Balaban J connectivity index is 1.99. The molecule has 4 nitrogen and oxygen atoms in total. The van der Waals surface area contributed by atoms with E-state index in [-0.39, 0.29) is 12.6 Å². The van der Waals surface area contributed by atoms with Crippen LogP contribution in [-0.2, 0) is 13.2 Å². The Kier molecular flexibility index (Phi) is 7.09. The van der Waals surface area contributed by atoms with Crippen LogP contribution in [0, 0.1) is 6.92 Å². The molecular formula is C20H27NO3. The molecule has 0 unspecified atom stereocenters. The van der Waals surface area contributed by atoms with Crippen LogP contribution < -0.4 is 14.8 Å². The van der Waals surface area contributed by atoms with Crippen molar-refractivity contribution in [2.45, 2.75) is 39.5 Å². The largest absolute Gasteiger partial charge is 0.493 e. The van der Waals surface area contributed by atoms with Gasteiger partial charge in [0.25, 0.3) is 0 Å². The molecule has 4 heteroatoms. The minimum atomic E-state index is 0.119. The molecule has 0 fully saturated rings. The van der Waals surface area contributed by atoms with Gasteiger partial charge in [0.15, 0.2) is 11.5 Å². The lowest BCUT2D eigenvalue weighted by molar-refractivity contribution is 0.238.